The average Bonchev–Trinajstić information content (AvgIpc) is 2.68. The number of benzene rings is 2. The molecular weight excluding hydrogens is 380 g/mol. The van der Waals surface area contributed by atoms with Crippen LogP contribution >= 0.6 is 0 Å². The minimum Gasteiger partial charge on any atom is -0.508 e. The predicted octanol–water partition coefficient (Wildman–Crippen LogP) is 5.81. The Bertz CT molecular complexity index is 1190. The Morgan fingerprint density at radius 3 is 2.37 bits per heavy atom. The Balaban J connectivity index is 2.02. The standard InChI is InChI=1S/C25H26O5/c1-15(2)5-4-6-16(3)7-9-18-20(26)12-10-19-22(28)14-24(30-25(18)19)17-8-11-21(27)23(29)13-17/h5,7-8,10-14,26-27,29H,4,6,9H2,1-3H3. The highest BCUT2D eigenvalue weighted by Gasteiger charge is 2.14. The lowest BCUT2D eigenvalue weighted by Crippen LogP contribution is -2.02. The average molecular weight is 406 g/mol. The summed E-state index contributed by atoms with van der Waals surface area (Å²) in [5, 5.41) is 30.1. The van der Waals surface area contributed by atoms with E-state index in [1.165, 1.54) is 35.4 Å². The third kappa shape index (κ3) is 4.74. The third-order valence-corrected chi connectivity index (χ3v) is 4.98. The molecule has 0 bridgehead atoms. The van der Waals surface area contributed by atoms with Gasteiger partial charge < -0.3 is 19.7 Å². The molecule has 0 unspecified atom stereocenters. The van der Waals surface area contributed by atoms with Gasteiger partial charge >= 0.3 is 0 Å². The number of phenols is 3. The summed E-state index contributed by atoms with van der Waals surface area (Å²) < 4.78 is 5.99. The van der Waals surface area contributed by atoms with Gasteiger partial charge in [-0.1, -0.05) is 23.3 Å². The number of hydrogen-bond donors (Lipinski definition) is 3. The smallest absolute Gasteiger partial charge is 0.193 e. The summed E-state index contributed by atoms with van der Waals surface area (Å²) >= 11 is 0. The van der Waals surface area contributed by atoms with Crippen LogP contribution in [0.25, 0.3) is 22.3 Å². The van der Waals surface area contributed by atoms with Crippen LogP contribution in [0.5, 0.6) is 17.2 Å². The quantitative estimate of drug-likeness (QED) is 0.355. The van der Waals surface area contributed by atoms with Gasteiger partial charge in [0.15, 0.2) is 16.9 Å². The van der Waals surface area contributed by atoms with E-state index in [0.717, 1.165) is 12.8 Å². The lowest BCUT2D eigenvalue weighted by molar-refractivity contribution is 0.404. The van der Waals surface area contributed by atoms with Crippen molar-refractivity contribution in [2.24, 2.45) is 0 Å². The highest BCUT2D eigenvalue weighted by Crippen LogP contribution is 2.33. The van der Waals surface area contributed by atoms with E-state index in [-0.39, 0.29) is 28.4 Å². The van der Waals surface area contributed by atoms with Gasteiger partial charge in [0.05, 0.1) is 5.39 Å². The zero-order chi connectivity index (χ0) is 21.8. The molecule has 3 N–H and O–H groups in total. The summed E-state index contributed by atoms with van der Waals surface area (Å²) in [4.78, 5) is 12.7. The molecule has 0 atom stereocenters. The van der Waals surface area contributed by atoms with Gasteiger partial charge in [0.25, 0.3) is 0 Å². The van der Waals surface area contributed by atoms with E-state index >= 15 is 0 Å². The van der Waals surface area contributed by atoms with Crippen molar-refractivity contribution in [3.8, 4) is 28.6 Å². The number of allylic oxidation sites excluding steroid dienone is 4. The molecule has 1 heterocycles. The fourth-order valence-corrected chi connectivity index (χ4v) is 3.25. The van der Waals surface area contributed by atoms with Gasteiger partial charge in [-0.15, -0.1) is 0 Å². The van der Waals surface area contributed by atoms with Crippen molar-refractivity contribution in [3.05, 3.63) is 75.5 Å². The van der Waals surface area contributed by atoms with Crippen LogP contribution in [0.1, 0.15) is 39.2 Å². The molecule has 0 fully saturated rings. The Hall–Kier alpha value is -3.47. The maximum Gasteiger partial charge on any atom is 0.193 e. The summed E-state index contributed by atoms with van der Waals surface area (Å²) in [6.07, 6.45) is 6.52. The summed E-state index contributed by atoms with van der Waals surface area (Å²) in [7, 11) is 0. The highest BCUT2D eigenvalue weighted by atomic mass is 16.3. The van der Waals surface area contributed by atoms with Crippen LogP contribution in [0.2, 0.25) is 0 Å². The summed E-state index contributed by atoms with van der Waals surface area (Å²) in [5.41, 5.74) is 3.53. The number of phenolic OH excluding ortho intramolecular Hbond substituents is 3. The van der Waals surface area contributed by atoms with Crippen molar-refractivity contribution in [1.29, 1.82) is 0 Å². The Morgan fingerprint density at radius 1 is 0.933 bits per heavy atom. The zero-order valence-corrected chi connectivity index (χ0v) is 17.4. The van der Waals surface area contributed by atoms with Crippen molar-refractivity contribution >= 4 is 11.0 Å². The monoisotopic (exact) mass is 406 g/mol. The van der Waals surface area contributed by atoms with E-state index in [1.807, 2.05) is 13.0 Å². The molecule has 0 aliphatic carbocycles. The molecule has 3 aromatic rings. The molecule has 0 spiro atoms. The van der Waals surface area contributed by atoms with E-state index < -0.39 is 0 Å². The minimum atomic E-state index is -0.304. The first-order valence-electron chi connectivity index (χ1n) is 9.86. The molecule has 0 aliphatic heterocycles. The van der Waals surface area contributed by atoms with E-state index in [1.54, 1.807) is 12.1 Å². The van der Waals surface area contributed by atoms with Crippen LogP contribution in [0.4, 0.5) is 0 Å². The molecule has 0 saturated heterocycles. The van der Waals surface area contributed by atoms with Crippen LogP contribution in [0.15, 0.2) is 68.9 Å². The van der Waals surface area contributed by atoms with Crippen LogP contribution in [-0.2, 0) is 6.42 Å². The molecule has 156 valence electrons. The van der Waals surface area contributed by atoms with Gasteiger partial charge in [-0.05, 0) is 70.4 Å². The maximum absolute atomic E-state index is 12.7. The van der Waals surface area contributed by atoms with Gasteiger partial charge in [0.2, 0.25) is 0 Å². The molecule has 5 nitrogen and oxygen atoms in total. The van der Waals surface area contributed by atoms with Crippen LogP contribution in [0, 0.1) is 0 Å². The third-order valence-electron chi connectivity index (χ3n) is 4.98. The molecule has 1 aromatic heterocycles. The lowest BCUT2D eigenvalue weighted by Gasteiger charge is -2.09. The van der Waals surface area contributed by atoms with Crippen LogP contribution < -0.4 is 5.43 Å². The first-order valence-corrected chi connectivity index (χ1v) is 9.86. The van der Waals surface area contributed by atoms with Crippen molar-refractivity contribution in [3.63, 3.8) is 0 Å². The second kappa shape index (κ2) is 8.91. The Morgan fingerprint density at radius 2 is 1.67 bits per heavy atom. The van der Waals surface area contributed by atoms with Crippen molar-refractivity contribution in [1.82, 2.24) is 0 Å². The largest absolute Gasteiger partial charge is 0.508 e. The highest BCUT2D eigenvalue weighted by molar-refractivity contribution is 5.84. The van der Waals surface area contributed by atoms with Crippen LogP contribution in [-0.4, -0.2) is 15.3 Å². The summed E-state index contributed by atoms with van der Waals surface area (Å²) in [6, 6.07) is 8.60. The Labute approximate surface area is 175 Å². The van der Waals surface area contributed by atoms with Crippen LogP contribution in [0.3, 0.4) is 0 Å². The number of aromatic hydroxyl groups is 3. The molecule has 2 aromatic carbocycles. The van der Waals surface area contributed by atoms with Gasteiger partial charge in [0.1, 0.15) is 17.1 Å². The normalized spacial score (nSPS) is 11.6. The topological polar surface area (TPSA) is 90.9 Å². The molecule has 0 radical (unpaired) electrons. The predicted molar refractivity (Wildman–Crippen MR) is 119 cm³/mol. The van der Waals surface area contributed by atoms with E-state index in [2.05, 4.69) is 19.9 Å². The molecule has 0 aliphatic rings. The first-order chi connectivity index (χ1) is 14.3. The van der Waals surface area contributed by atoms with Crippen molar-refractivity contribution < 1.29 is 19.7 Å². The number of hydrogen-bond acceptors (Lipinski definition) is 5. The first kappa shape index (κ1) is 21.2. The molecule has 3 rings (SSSR count). The zero-order valence-electron chi connectivity index (χ0n) is 17.4. The molecular formula is C25H26O5. The Kier molecular flexibility index (Phi) is 6.31. The lowest BCUT2D eigenvalue weighted by atomic mass is 10.0. The summed E-state index contributed by atoms with van der Waals surface area (Å²) in [6.45, 7) is 6.18. The SMILES string of the molecule is CC(C)=CCCC(C)=CCc1c(O)ccc2c(=O)cc(-c3ccc(O)c(O)c3)oc12. The second-order valence-electron chi connectivity index (χ2n) is 7.69. The summed E-state index contributed by atoms with van der Waals surface area (Å²) in [5.74, 6) is -0.251. The minimum absolute atomic E-state index is 0.0599. The number of fused-ring (bicyclic) bond motifs is 1. The molecule has 30 heavy (non-hydrogen) atoms. The fraction of sp³-hybridized carbons (Fsp3) is 0.240. The van der Waals surface area contributed by atoms with E-state index in [9.17, 15) is 20.1 Å². The van der Waals surface area contributed by atoms with Gasteiger partial charge in [-0.25, -0.2) is 0 Å². The van der Waals surface area contributed by atoms with Gasteiger partial charge in [0, 0.05) is 17.2 Å². The number of rotatable bonds is 6. The van der Waals surface area contributed by atoms with Gasteiger partial charge in [-0.3, -0.25) is 4.79 Å². The maximum atomic E-state index is 12.7. The van der Waals surface area contributed by atoms with E-state index in [4.69, 9.17) is 4.42 Å². The van der Waals surface area contributed by atoms with Crippen molar-refractivity contribution in [2.45, 2.75) is 40.0 Å². The second-order valence-corrected chi connectivity index (χ2v) is 7.69. The molecule has 0 amide bonds. The van der Waals surface area contributed by atoms with Crippen molar-refractivity contribution in [2.75, 3.05) is 0 Å². The molecule has 0 saturated carbocycles. The van der Waals surface area contributed by atoms with Gasteiger partial charge in [-0.2, -0.15) is 0 Å². The van der Waals surface area contributed by atoms with E-state index in [0.29, 0.717) is 28.5 Å². The fourth-order valence-electron chi connectivity index (χ4n) is 3.25. The molecule has 5 heteroatoms.